The molecule has 2 saturated heterocycles. The molecule has 1 aromatic rings. The van der Waals surface area contributed by atoms with E-state index in [0.29, 0.717) is 36.9 Å². The van der Waals surface area contributed by atoms with E-state index in [-0.39, 0.29) is 5.91 Å². The van der Waals surface area contributed by atoms with Gasteiger partial charge in [-0.2, -0.15) is 4.31 Å². The Labute approximate surface area is 186 Å². The first-order valence-corrected chi connectivity index (χ1v) is 12.7. The summed E-state index contributed by atoms with van der Waals surface area (Å²) in [5, 5.41) is 6.06. The topological polar surface area (TPSA) is 94.1 Å². The van der Waals surface area contributed by atoms with Gasteiger partial charge in [0.1, 0.15) is 0 Å². The summed E-state index contributed by atoms with van der Waals surface area (Å²) in [6.07, 6.45) is 4.40. The number of carbonyl (C=O) groups is 1. The summed E-state index contributed by atoms with van der Waals surface area (Å²) in [7, 11) is -1.70. The number of carbonyl (C=O) groups excluding carboxylic acids is 1. The van der Waals surface area contributed by atoms with Crippen LogP contribution in [0.15, 0.2) is 34.2 Å². The standard InChI is InChI=1S/C22H35N5O3S/c1-3-24-22(26-14-10-18(11-15-26)16-21(28)23-2)25-17-19-6-8-20(9-7-19)31(29,30)27-12-4-5-13-27/h6-9,18H,3-5,10-17H2,1-2H3,(H,23,28)(H,24,25). The lowest BCUT2D eigenvalue weighted by atomic mass is 9.93. The van der Waals surface area contributed by atoms with Gasteiger partial charge in [0.05, 0.1) is 11.4 Å². The van der Waals surface area contributed by atoms with Crippen molar-refractivity contribution in [1.82, 2.24) is 19.8 Å². The molecular weight excluding hydrogens is 414 g/mol. The van der Waals surface area contributed by atoms with Gasteiger partial charge in [-0.15, -0.1) is 0 Å². The number of likely N-dealkylation sites (tertiary alicyclic amines) is 1. The van der Waals surface area contributed by atoms with Crippen molar-refractivity contribution in [3.63, 3.8) is 0 Å². The Hall–Kier alpha value is -2.13. The molecule has 0 aliphatic carbocycles. The fourth-order valence-electron chi connectivity index (χ4n) is 4.15. The van der Waals surface area contributed by atoms with Gasteiger partial charge >= 0.3 is 0 Å². The van der Waals surface area contributed by atoms with Gasteiger partial charge in [-0.25, -0.2) is 13.4 Å². The Bertz CT molecular complexity index is 856. The first-order valence-electron chi connectivity index (χ1n) is 11.3. The molecule has 0 radical (unpaired) electrons. The fraction of sp³-hybridized carbons (Fsp3) is 0.636. The van der Waals surface area contributed by atoms with Crippen LogP contribution < -0.4 is 10.6 Å². The van der Waals surface area contributed by atoms with Gasteiger partial charge in [-0.3, -0.25) is 4.79 Å². The molecule has 0 atom stereocenters. The molecule has 2 heterocycles. The van der Waals surface area contributed by atoms with Gasteiger partial charge in [0.25, 0.3) is 0 Å². The van der Waals surface area contributed by atoms with Crippen LogP contribution in [0, 0.1) is 5.92 Å². The van der Waals surface area contributed by atoms with Crippen LogP contribution in [-0.4, -0.2) is 69.3 Å². The van der Waals surface area contributed by atoms with Gasteiger partial charge in [-0.1, -0.05) is 12.1 Å². The highest BCUT2D eigenvalue weighted by atomic mass is 32.2. The monoisotopic (exact) mass is 449 g/mol. The van der Waals surface area contributed by atoms with E-state index in [2.05, 4.69) is 15.5 Å². The fourth-order valence-corrected chi connectivity index (χ4v) is 5.67. The highest BCUT2D eigenvalue weighted by Crippen LogP contribution is 2.22. The summed E-state index contributed by atoms with van der Waals surface area (Å²) in [6, 6.07) is 7.09. The van der Waals surface area contributed by atoms with Crippen molar-refractivity contribution in [2.24, 2.45) is 10.9 Å². The van der Waals surface area contributed by atoms with Crippen LogP contribution in [0.1, 0.15) is 44.6 Å². The molecule has 2 fully saturated rings. The smallest absolute Gasteiger partial charge is 0.243 e. The zero-order valence-electron chi connectivity index (χ0n) is 18.6. The minimum absolute atomic E-state index is 0.106. The number of guanidine groups is 1. The summed E-state index contributed by atoms with van der Waals surface area (Å²) in [6.45, 7) is 6.29. The summed E-state index contributed by atoms with van der Waals surface area (Å²) in [5.41, 5.74) is 0.977. The second-order valence-electron chi connectivity index (χ2n) is 8.23. The lowest BCUT2D eigenvalue weighted by molar-refractivity contribution is -0.121. The number of aliphatic imine (C=N–C) groups is 1. The van der Waals surface area contributed by atoms with Gasteiger partial charge in [0.15, 0.2) is 5.96 Å². The minimum atomic E-state index is -3.38. The van der Waals surface area contributed by atoms with Crippen LogP contribution in [0.25, 0.3) is 0 Å². The van der Waals surface area contributed by atoms with Crippen LogP contribution in [0.3, 0.4) is 0 Å². The quantitative estimate of drug-likeness (QED) is 0.489. The molecule has 8 nitrogen and oxygen atoms in total. The van der Waals surface area contributed by atoms with Crippen molar-refractivity contribution in [3.05, 3.63) is 29.8 Å². The second kappa shape index (κ2) is 10.9. The number of sulfonamides is 1. The first kappa shape index (κ1) is 23.5. The van der Waals surface area contributed by atoms with Crippen LogP contribution in [-0.2, 0) is 21.4 Å². The maximum absolute atomic E-state index is 12.7. The Morgan fingerprint density at radius 1 is 1.10 bits per heavy atom. The normalized spacial score (nSPS) is 18.9. The summed E-state index contributed by atoms with van der Waals surface area (Å²) < 4.78 is 26.9. The number of hydrogen-bond acceptors (Lipinski definition) is 4. The minimum Gasteiger partial charge on any atom is -0.359 e. The predicted molar refractivity (Wildman–Crippen MR) is 122 cm³/mol. The maximum atomic E-state index is 12.7. The molecule has 2 aliphatic heterocycles. The summed E-state index contributed by atoms with van der Waals surface area (Å²) in [4.78, 5) is 19.0. The molecule has 9 heteroatoms. The van der Waals surface area contributed by atoms with E-state index in [9.17, 15) is 13.2 Å². The maximum Gasteiger partial charge on any atom is 0.243 e. The molecular formula is C22H35N5O3S. The summed E-state index contributed by atoms with van der Waals surface area (Å²) in [5.74, 6) is 1.40. The molecule has 172 valence electrons. The average Bonchev–Trinajstić information content (AvgIpc) is 3.33. The number of nitrogens with one attached hydrogen (secondary N) is 2. The van der Waals surface area contributed by atoms with E-state index in [1.807, 2.05) is 19.1 Å². The van der Waals surface area contributed by atoms with E-state index >= 15 is 0 Å². The Kier molecular flexibility index (Phi) is 8.31. The van der Waals surface area contributed by atoms with E-state index in [1.54, 1.807) is 23.5 Å². The van der Waals surface area contributed by atoms with Gasteiger partial charge in [-0.05, 0) is 56.2 Å². The lowest BCUT2D eigenvalue weighted by Gasteiger charge is -2.34. The number of rotatable bonds is 7. The van der Waals surface area contributed by atoms with E-state index in [4.69, 9.17) is 4.99 Å². The third kappa shape index (κ3) is 6.20. The summed E-state index contributed by atoms with van der Waals surface area (Å²) >= 11 is 0. The van der Waals surface area contributed by atoms with Crippen molar-refractivity contribution in [2.45, 2.75) is 50.5 Å². The van der Waals surface area contributed by atoms with Crippen LogP contribution in [0.2, 0.25) is 0 Å². The second-order valence-corrected chi connectivity index (χ2v) is 10.2. The average molecular weight is 450 g/mol. The number of hydrogen-bond donors (Lipinski definition) is 2. The van der Waals surface area contributed by atoms with Crippen LogP contribution in [0.4, 0.5) is 0 Å². The van der Waals surface area contributed by atoms with Gasteiger partial charge in [0, 0.05) is 46.2 Å². The van der Waals surface area contributed by atoms with E-state index in [0.717, 1.165) is 56.8 Å². The molecule has 0 bridgehead atoms. The number of nitrogens with zero attached hydrogens (tertiary/aromatic N) is 3. The third-order valence-corrected chi connectivity index (χ3v) is 7.95. The molecule has 3 rings (SSSR count). The van der Waals surface area contributed by atoms with E-state index in [1.165, 1.54) is 0 Å². The molecule has 2 N–H and O–H groups in total. The Morgan fingerprint density at radius 2 is 1.74 bits per heavy atom. The van der Waals surface area contributed by atoms with Gasteiger partial charge in [0.2, 0.25) is 15.9 Å². The van der Waals surface area contributed by atoms with E-state index < -0.39 is 10.0 Å². The number of piperidine rings is 1. The zero-order chi connectivity index (χ0) is 22.3. The molecule has 0 spiro atoms. The van der Waals surface area contributed by atoms with Crippen molar-refractivity contribution < 1.29 is 13.2 Å². The molecule has 0 unspecified atom stereocenters. The molecule has 1 aromatic carbocycles. The Morgan fingerprint density at radius 3 is 2.32 bits per heavy atom. The zero-order valence-corrected chi connectivity index (χ0v) is 19.5. The van der Waals surface area contributed by atoms with Crippen molar-refractivity contribution in [3.8, 4) is 0 Å². The predicted octanol–water partition coefficient (Wildman–Crippen LogP) is 1.78. The molecule has 2 aliphatic rings. The first-order chi connectivity index (χ1) is 14.9. The van der Waals surface area contributed by atoms with Crippen LogP contribution in [0.5, 0.6) is 0 Å². The Balaban J connectivity index is 1.60. The number of benzene rings is 1. The van der Waals surface area contributed by atoms with Crippen molar-refractivity contribution in [1.29, 1.82) is 0 Å². The molecule has 1 amide bonds. The van der Waals surface area contributed by atoms with Crippen molar-refractivity contribution in [2.75, 3.05) is 39.8 Å². The largest absolute Gasteiger partial charge is 0.359 e. The van der Waals surface area contributed by atoms with Crippen molar-refractivity contribution >= 4 is 21.9 Å². The molecule has 31 heavy (non-hydrogen) atoms. The highest BCUT2D eigenvalue weighted by Gasteiger charge is 2.27. The number of amides is 1. The highest BCUT2D eigenvalue weighted by molar-refractivity contribution is 7.89. The molecule has 0 saturated carbocycles. The molecule has 0 aromatic heterocycles. The SMILES string of the molecule is CCNC(=NCc1ccc(S(=O)(=O)N2CCCC2)cc1)N1CCC(CC(=O)NC)CC1. The third-order valence-electron chi connectivity index (χ3n) is 6.04. The lowest BCUT2D eigenvalue weighted by Crippen LogP contribution is -2.46. The van der Waals surface area contributed by atoms with Gasteiger partial charge < -0.3 is 15.5 Å². The van der Waals surface area contributed by atoms with Crippen LogP contribution >= 0.6 is 0 Å².